The van der Waals surface area contributed by atoms with Gasteiger partial charge in [-0.1, -0.05) is 41.0 Å². The van der Waals surface area contributed by atoms with Crippen molar-refractivity contribution >= 4 is 58.2 Å². The van der Waals surface area contributed by atoms with Gasteiger partial charge in [0.05, 0.1) is 12.3 Å². The van der Waals surface area contributed by atoms with E-state index >= 15 is 0 Å². The van der Waals surface area contributed by atoms with Crippen LogP contribution < -0.4 is 15.0 Å². The first kappa shape index (κ1) is 22.3. The molecule has 3 aromatic carbocycles. The lowest BCUT2D eigenvalue weighted by Crippen LogP contribution is -2.32. The van der Waals surface area contributed by atoms with E-state index in [2.05, 4.69) is 5.32 Å². The van der Waals surface area contributed by atoms with Crippen LogP contribution in [0.5, 0.6) is 5.75 Å². The van der Waals surface area contributed by atoms with Gasteiger partial charge in [0, 0.05) is 20.6 Å². The molecule has 8 heteroatoms. The number of hydrogen-bond donors (Lipinski definition) is 1. The fourth-order valence-corrected chi connectivity index (χ4v) is 4.37. The van der Waals surface area contributed by atoms with Crippen molar-refractivity contribution in [2.75, 3.05) is 16.8 Å². The van der Waals surface area contributed by atoms with Gasteiger partial charge >= 0.3 is 0 Å². The Balaban J connectivity index is 1.70. The first-order chi connectivity index (χ1) is 15.5. The molecule has 0 bridgehead atoms. The van der Waals surface area contributed by atoms with E-state index < -0.39 is 11.8 Å². The largest absolute Gasteiger partial charge is 0.494 e. The van der Waals surface area contributed by atoms with Crippen molar-refractivity contribution in [1.29, 1.82) is 0 Å². The third-order valence-corrected chi connectivity index (χ3v) is 6.15. The number of carbonyl (C=O) groups is 2. The van der Waals surface area contributed by atoms with Crippen molar-refractivity contribution < 1.29 is 14.3 Å². The van der Waals surface area contributed by atoms with E-state index in [0.29, 0.717) is 28.0 Å². The average Bonchev–Trinajstić information content (AvgIpc) is 3.00. The van der Waals surface area contributed by atoms with Crippen LogP contribution in [0.15, 0.2) is 88.3 Å². The highest BCUT2D eigenvalue weighted by Crippen LogP contribution is 2.38. The van der Waals surface area contributed by atoms with Crippen LogP contribution in [0.2, 0.25) is 10.0 Å². The first-order valence-electron chi connectivity index (χ1n) is 9.78. The summed E-state index contributed by atoms with van der Waals surface area (Å²) in [6.07, 6.45) is 0. The predicted octanol–water partition coefficient (Wildman–Crippen LogP) is 6.38. The van der Waals surface area contributed by atoms with Crippen molar-refractivity contribution in [2.45, 2.75) is 11.8 Å². The monoisotopic (exact) mass is 484 g/mol. The number of halogens is 2. The summed E-state index contributed by atoms with van der Waals surface area (Å²) in [5.74, 6) is -0.162. The molecule has 162 valence electrons. The van der Waals surface area contributed by atoms with Gasteiger partial charge in [0.2, 0.25) is 0 Å². The SMILES string of the molecule is CCOc1ccc(NC2=C(Sc3ccc(Cl)cc3)C(=O)N(c3cccc(Cl)c3)C2=O)cc1. The molecular weight excluding hydrogens is 467 g/mol. The molecule has 0 radical (unpaired) electrons. The number of hydrogen-bond acceptors (Lipinski definition) is 5. The predicted molar refractivity (Wildman–Crippen MR) is 130 cm³/mol. The van der Waals surface area contributed by atoms with E-state index in [4.69, 9.17) is 27.9 Å². The van der Waals surface area contributed by atoms with Crippen LogP contribution in [0, 0.1) is 0 Å². The lowest BCUT2D eigenvalue weighted by molar-refractivity contribution is -0.120. The quantitative estimate of drug-likeness (QED) is 0.394. The smallest absolute Gasteiger partial charge is 0.283 e. The van der Waals surface area contributed by atoms with Crippen LogP contribution in [0.1, 0.15) is 6.92 Å². The second-order valence-electron chi connectivity index (χ2n) is 6.77. The molecule has 1 aliphatic rings. The Morgan fingerprint density at radius 1 is 0.906 bits per heavy atom. The molecule has 32 heavy (non-hydrogen) atoms. The minimum absolute atomic E-state index is 0.194. The minimum atomic E-state index is -0.456. The summed E-state index contributed by atoms with van der Waals surface area (Å²) in [4.78, 5) is 28.9. The lowest BCUT2D eigenvalue weighted by atomic mass is 10.2. The highest BCUT2D eigenvalue weighted by molar-refractivity contribution is 8.04. The molecule has 0 aliphatic carbocycles. The fraction of sp³-hybridized carbons (Fsp3) is 0.0833. The Bertz CT molecular complexity index is 1190. The van der Waals surface area contributed by atoms with Gasteiger partial charge in [-0.3, -0.25) is 9.59 Å². The molecule has 3 aromatic rings. The Morgan fingerprint density at radius 3 is 2.28 bits per heavy atom. The van der Waals surface area contributed by atoms with Gasteiger partial charge < -0.3 is 10.1 Å². The Kier molecular flexibility index (Phi) is 6.74. The average molecular weight is 485 g/mol. The van der Waals surface area contributed by atoms with Crippen LogP contribution in [0.3, 0.4) is 0 Å². The summed E-state index contributed by atoms with van der Waals surface area (Å²) in [5.41, 5.74) is 1.26. The number of nitrogens with zero attached hydrogens (tertiary/aromatic N) is 1. The molecule has 0 spiro atoms. The van der Waals surface area contributed by atoms with Crippen LogP contribution in [-0.2, 0) is 9.59 Å². The molecular formula is C24H18Cl2N2O3S. The van der Waals surface area contributed by atoms with Crippen LogP contribution in [0.4, 0.5) is 11.4 Å². The summed E-state index contributed by atoms with van der Waals surface area (Å²) in [5, 5.41) is 4.14. The lowest BCUT2D eigenvalue weighted by Gasteiger charge is -2.15. The van der Waals surface area contributed by atoms with Gasteiger partial charge in [-0.15, -0.1) is 0 Å². The van der Waals surface area contributed by atoms with Crippen LogP contribution in [0.25, 0.3) is 0 Å². The molecule has 0 atom stereocenters. The fourth-order valence-electron chi connectivity index (χ4n) is 3.13. The van der Waals surface area contributed by atoms with Crippen LogP contribution in [-0.4, -0.2) is 18.4 Å². The van der Waals surface area contributed by atoms with Crippen molar-refractivity contribution in [3.8, 4) is 5.75 Å². The minimum Gasteiger partial charge on any atom is -0.494 e. The van der Waals surface area contributed by atoms with E-state index in [1.165, 1.54) is 11.8 Å². The topological polar surface area (TPSA) is 58.6 Å². The van der Waals surface area contributed by atoms with Gasteiger partial charge in [-0.05, 0) is 73.7 Å². The third-order valence-electron chi connectivity index (χ3n) is 4.58. The van der Waals surface area contributed by atoms with E-state index in [0.717, 1.165) is 15.5 Å². The van der Waals surface area contributed by atoms with Crippen molar-refractivity contribution in [3.63, 3.8) is 0 Å². The summed E-state index contributed by atoms with van der Waals surface area (Å²) >= 11 is 13.3. The van der Waals surface area contributed by atoms with Gasteiger partial charge in [0.1, 0.15) is 16.4 Å². The molecule has 5 nitrogen and oxygen atoms in total. The summed E-state index contributed by atoms with van der Waals surface area (Å²) in [6, 6.07) is 20.9. The number of ether oxygens (including phenoxy) is 1. The second-order valence-corrected chi connectivity index (χ2v) is 8.72. The van der Waals surface area contributed by atoms with Crippen molar-refractivity contribution in [3.05, 3.63) is 93.4 Å². The van der Waals surface area contributed by atoms with Gasteiger partial charge in [-0.2, -0.15) is 0 Å². The molecule has 0 unspecified atom stereocenters. The number of thioether (sulfide) groups is 1. The molecule has 0 fully saturated rings. The van der Waals surface area contributed by atoms with E-state index in [-0.39, 0.29) is 10.6 Å². The molecule has 2 amide bonds. The maximum atomic E-state index is 13.3. The first-order valence-corrected chi connectivity index (χ1v) is 11.4. The standard InChI is InChI=1S/C24H18Cl2N2O3S/c1-2-31-19-10-8-17(9-11-19)27-21-22(32-20-12-6-15(25)7-13-20)24(30)28(23(21)29)18-5-3-4-16(26)14-18/h3-14,27H,2H2,1H3. The summed E-state index contributed by atoms with van der Waals surface area (Å²) < 4.78 is 5.47. The zero-order valence-electron chi connectivity index (χ0n) is 17.0. The Labute approximate surface area is 200 Å². The Hall–Kier alpha value is -2.93. The van der Waals surface area contributed by atoms with Gasteiger partial charge in [0.25, 0.3) is 11.8 Å². The summed E-state index contributed by atoms with van der Waals surface area (Å²) in [6.45, 7) is 2.46. The maximum Gasteiger partial charge on any atom is 0.283 e. The number of anilines is 2. The second kappa shape index (κ2) is 9.69. The van der Waals surface area contributed by atoms with Crippen molar-refractivity contribution in [1.82, 2.24) is 0 Å². The highest BCUT2D eigenvalue weighted by atomic mass is 35.5. The molecule has 4 rings (SSSR count). The molecule has 1 aliphatic heterocycles. The summed E-state index contributed by atoms with van der Waals surface area (Å²) in [7, 11) is 0. The zero-order valence-corrected chi connectivity index (χ0v) is 19.3. The van der Waals surface area contributed by atoms with Gasteiger partial charge in [0.15, 0.2) is 0 Å². The van der Waals surface area contributed by atoms with E-state index in [1.807, 2.05) is 6.92 Å². The molecule has 0 aromatic heterocycles. The number of benzene rings is 3. The highest BCUT2D eigenvalue weighted by Gasteiger charge is 2.40. The molecule has 0 saturated carbocycles. The number of rotatable bonds is 7. The molecule has 0 saturated heterocycles. The Morgan fingerprint density at radius 2 is 1.62 bits per heavy atom. The van der Waals surface area contributed by atoms with Crippen LogP contribution >= 0.6 is 35.0 Å². The molecule has 1 heterocycles. The number of carbonyl (C=O) groups excluding carboxylic acids is 2. The van der Waals surface area contributed by atoms with E-state index in [9.17, 15) is 9.59 Å². The number of nitrogens with one attached hydrogen (secondary N) is 1. The number of amides is 2. The normalized spacial score (nSPS) is 13.7. The molecule has 1 N–H and O–H groups in total. The third kappa shape index (κ3) is 4.78. The van der Waals surface area contributed by atoms with Gasteiger partial charge in [-0.25, -0.2) is 4.90 Å². The zero-order chi connectivity index (χ0) is 22.7. The van der Waals surface area contributed by atoms with Crippen molar-refractivity contribution in [2.24, 2.45) is 0 Å². The maximum absolute atomic E-state index is 13.3. The van der Waals surface area contributed by atoms with E-state index in [1.54, 1.807) is 72.8 Å². The number of imide groups is 1.